The fourth-order valence-electron chi connectivity index (χ4n) is 1.49. The van der Waals surface area contributed by atoms with Crippen molar-refractivity contribution in [1.82, 2.24) is 0 Å². The molecule has 6 nitrogen and oxygen atoms in total. The first-order valence-corrected chi connectivity index (χ1v) is 7.04. The van der Waals surface area contributed by atoms with Crippen molar-refractivity contribution in [3.05, 3.63) is 39.9 Å². The predicted octanol–water partition coefficient (Wildman–Crippen LogP) is 4.16. The summed E-state index contributed by atoms with van der Waals surface area (Å²) in [5.41, 5.74) is 0.0630. The zero-order valence-electron chi connectivity index (χ0n) is 13.0. The maximum Gasteiger partial charge on any atom is 0.269 e. The third kappa shape index (κ3) is 6.66. The fraction of sp³-hybridized carbons (Fsp3) is 0.600. The number of nitrogens with zero attached hydrogens (tertiary/aromatic N) is 1. The van der Waals surface area contributed by atoms with Crippen molar-refractivity contribution in [2.75, 3.05) is 6.61 Å². The Kier molecular flexibility index (Phi) is 6.74. The van der Waals surface area contributed by atoms with E-state index in [1.807, 2.05) is 20.8 Å². The number of ether oxygens (including phenoxy) is 1. The fourth-order valence-corrected chi connectivity index (χ4v) is 1.49. The van der Waals surface area contributed by atoms with E-state index in [1.165, 1.54) is 12.1 Å². The van der Waals surface area contributed by atoms with Crippen LogP contribution in [0.5, 0.6) is 0 Å². The maximum atomic E-state index is 10.8. The molecule has 0 radical (unpaired) electrons. The van der Waals surface area contributed by atoms with Gasteiger partial charge in [0.2, 0.25) is 6.29 Å². The molecule has 118 valence electrons. The third-order valence-electron chi connectivity index (χ3n) is 2.51. The molecule has 1 rings (SSSR count). The number of rotatable bonds is 8. The Labute approximate surface area is 125 Å². The van der Waals surface area contributed by atoms with Crippen molar-refractivity contribution in [3.8, 4) is 0 Å². The minimum atomic E-state index is -0.782. The van der Waals surface area contributed by atoms with Crippen LogP contribution in [0.25, 0.3) is 0 Å². The molecule has 0 fully saturated rings. The lowest BCUT2D eigenvalue weighted by Crippen LogP contribution is -2.22. The van der Waals surface area contributed by atoms with Crippen molar-refractivity contribution in [3.63, 3.8) is 0 Å². The summed E-state index contributed by atoms with van der Waals surface area (Å²) < 4.78 is 5.63. The van der Waals surface area contributed by atoms with E-state index in [9.17, 15) is 10.1 Å². The lowest BCUT2D eigenvalue weighted by molar-refractivity contribution is -0.421. The molecule has 1 aromatic rings. The molecular formula is C15H23NO5. The summed E-state index contributed by atoms with van der Waals surface area (Å²) in [6.45, 7) is 8.10. The van der Waals surface area contributed by atoms with Crippen LogP contribution in [-0.2, 0) is 14.5 Å². The van der Waals surface area contributed by atoms with E-state index >= 15 is 0 Å². The molecule has 6 heteroatoms. The zero-order chi connectivity index (χ0) is 15.9. The van der Waals surface area contributed by atoms with E-state index in [4.69, 9.17) is 14.5 Å². The first kappa shape index (κ1) is 17.6. The van der Waals surface area contributed by atoms with Gasteiger partial charge >= 0.3 is 0 Å². The Morgan fingerprint density at radius 2 is 2.05 bits per heavy atom. The summed E-state index contributed by atoms with van der Waals surface area (Å²) in [6, 6.07) is 6.18. The SMILES string of the molecule is CCCCOC(OOC(C)(C)C)c1cccc([N+](=O)[O-])c1. The zero-order valence-corrected chi connectivity index (χ0v) is 13.0. The molecule has 1 aromatic carbocycles. The number of benzene rings is 1. The van der Waals surface area contributed by atoms with Crippen molar-refractivity contribution >= 4 is 5.69 Å². The third-order valence-corrected chi connectivity index (χ3v) is 2.51. The molecule has 0 aliphatic heterocycles. The second kappa shape index (κ2) is 8.07. The van der Waals surface area contributed by atoms with Crippen LogP contribution in [0.15, 0.2) is 24.3 Å². The van der Waals surface area contributed by atoms with Gasteiger partial charge in [0.05, 0.1) is 17.1 Å². The smallest absolute Gasteiger partial charge is 0.269 e. The Morgan fingerprint density at radius 1 is 1.33 bits per heavy atom. The Bertz CT molecular complexity index is 456. The number of hydrogen-bond acceptors (Lipinski definition) is 5. The van der Waals surface area contributed by atoms with Gasteiger partial charge in [-0.3, -0.25) is 10.1 Å². The quantitative estimate of drug-likeness (QED) is 0.237. The summed E-state index contributed by atoms with van der Waals surface area (Å²) >= 11 is 0. The average molecular weight is 297 g/mol. The first-order valence-electron chi connectivity index (χ1n) is 7.04. The van der Waals surface area contributed by atoms with Crippen LogP contribution in [0.4, 0.5) is 5.69 Å². The topological polar surface area (TPSA) is 70.8 Å². The first-order chi connectivity index (χ1) is 9.83. The van der Waals surface area contributed by atoms with Gasteiger partial charge in [-0.15, -0.1) is 0 Å². The van der Waals surface area contributed by atoms with Crippen molar-refractivity contribution < 1.29 is 19.4 Å². The number of unbranched alkanes of at least 4 members (excludes halogenated alkanes) is 1. The summed E-state index contributed by atoms with van der Waals surface area (Å²) in [5.74, 6) is 0. The summed E-state index contributed by atoms with van der Waals surface area (Å²) in [4.78, 5) is 21.0. The van der Waals surface area contributed by atoms with Crippen LogP contribution < -0.4 is 0 Å². The Balaban J connectivity index is 2.83. The number of hydrogen-bond donors (Lipinski definition) is 0. The van der Waals surface area contributed by atoms with E-state index in [0.29, 0.717) is 12.2 Å². The van der Waals surface area contributed by atoms with Crippen LogP contribution in [0.1, 0.15) is 52.4 Å². The van der Waals surface area contributed by atoms with Crippen LogP contribution in [0, 0.1) is 10.1 Å². The number of nitro groups is 1. The van der Waals surface area contributed by atoms with Gasteiger partial charge in [-0.1, -0.05) is 25.5 Å². The van der Waals surface area contributed by atoms with Crippen LogP contribution in [0.2, 0.25) is 0 Å². The highest BCUT2D eigenvalue weighted by atomic mass is 17.2. The second-order valence-electron chi connectivity index (χ2n) is 5.70. The van der Waals surface area contributed by atoms with Crippen LogP contribution in [-0.4, -0.2) is 17.1 Å². The predicted molar refractivity (Wildman–Crippen MR) is 78.6 cm³/mol. The summed E-state index contributed by atoms with van der Waals surface area (Å²) in [6.07, 6.45) is 1.09. The molecule has 1 atom stereocenters. The van der Waals surface area contributed by atoms with Gasteiger partial charge in [0.15, 0.2) is 0 Å². The lowest BCUT2D eigenvalue weighted by atomic mass is 10.2. The van der Waals surface area contributed by atoms with E-state index in [-0.39, 0.29) is 5.69 Å². The highest BCUT2D eigenvalue weighted by Crippen LogP contribution is 2.25. The van der Waals surface area contributed by atoms with Gasteiger partial charge in [0.25, 0.3) is 5.69 Å². The van der Waals surface area contributed by atoms with Gasteiger partial charge in [-0.2, -0.15) is 4.89 Å². The number of non-ortho nitro benzene ring substituents is 1. The second-order valence-corrected chi connectivity index (χ2v) is 5.70. The molecule has 0 bridgehead atoms. The molecule has 0 saturated carbocycles. The Morgan fingerprint density at radius 3 is 2.62 bits per heavy atom. The van der Waals surface area contributed by atoms with Gasteiger partial charge in [-0.05, 0) is 27.2 Å². The van der Waals surface area contributed by atoms with E-state index < -0.39 is 16.8 Å². The lowest BCUT2D eigenvalue weighted by Gasteiger charge is -2.23. The van der Waals surface area contributed by atoms with E-state index in [1.54, 1.807) is 12.1 Å². The van der Waals surface area contributed by atoms with Crippen LogP contribution in [0.3, 0.4) is 0 Å². The molecule has 0 aliphatic carbocycles. The molecule has 21 heavy (non-hydrogen) atoms. The molecule has 0 N–H and O–H groups in total. The molecule has 0 spiro atoms. The van der Waals surface area contributed by atoms with Gasteiger partial charge in [-0.25, -0.2) is 4.89 Å². The van der Waals surface area contributed by atoms with Crippen molar-refractivity contribution in [1.29, 1.82) is 0 Å². The maximum absolute atomic E-state index is 10.8. The highest BCUT2D eigenvalue weighted by molar-refractivity contribution is 5.34. The van der Waals surface area contributed by atoms with Crippen molar-refractivity contribution in [2.45, 2.75) is 52.4 Å². The molecule has 0 aliphatic rings. The number of nitro benzene ring substituents is 1. The average Bonchev–Trinajstić information content (AvgIpc) is 2.41. The van der Waals surface area contributed by atoms with Gasteiger partial charge in [0.1, 0.15) is 0 Å². The largest absolute Gasteiger partial charge is 0.346 e. The molecule has 0 heterocycles. The molecule has 0 amide bonds. The van der Waals surface area contributed by atoms with E-state index in [0.717, 1.165) is 12.8 Å². The van der Waals surface area contributed by atoms with Crippen molar-refractivity contribution in [2.24, 2.45) is 0 Å². The molecule has 1 unspecified atom stereocenters. The molecule has 0 saturated heterocycles. The minimum Gasteiger partial charge on any atom is -0.346 e. The summed E-state index contributed by atoms with van der Waals surface area (Å²) in [7, 11) is 0. The highest BCUT2D eigenvalue weighted by Gasteiger charge is 2.21. The Hall–Kier alpha value is -1.50. The molecular weight excluding hydrogens is 274 g/mol. The normalized spacial score (nSPS) is 13.1. The monoisotopic (exact) mass is 297 g/mol. The van der Waals surface area contributed by atoms with E-state index in [2.05, 4.69) is 6.92 Å². The minimum absolute atomic E-state index is 0.00375. The van der Waals surface area contributed by atoms with Gasteiger partial charge < -0.3 is 4.74 Å². The van der Waals surface area contributed by atoms with Gasteiger partial charge in [0, 0.05) is 17.7 Å². The standard InChI is InChI=1S/C15H23NO5/c1-5-6-10-19-14(20-21-15(2,3)4)12-8-7-9-13(11-12)16(17)18/h7-9,11,14H,5-6,10H2,1-4H3. The van der Waals surface area contributed by atoms with Crippen LogP contribution >= 0.6 is 0 Å². The molecule has 0 aromatic heterocycles. The summed E-state index contributed by atoms with van der Waals surface area (Å²) in [5, 5.41) is 10.8.